The van der Waals surface area contributed by atoms with Crippen molar-refractivity contribution in [2.45, 2.75) is 252 Å². The lowest BCUT2D eigenvalue weighted by Crippen LogP contribution is -2.40. The van der Waals surface area contributed by atoms with Gasteiger partial charge >= 0.3 is 23.9 Å². The van der Waals surface area contributed by atoms with E-state index in [4.69, 9.17) is 23.7 Å². The maximum atomic E-state index is 13.4. The van der Waals surface area contributed by atoms with E-state index < -0.39 is 0 Å². The SMILES string of the molecule is CCCCCCCCC1CCCCCC(CCC)CCCCC(CCCCCC)COC(=O)CCCCCC(=O)OCCCN(C(=O)CCN2CCOCC2)CCCOC(=O)CCCCCC(=O)OC1. The Kier molecular flexibility index (Phi) is 40.7. The Labute approximate surface area is 427 Å². The van der Waals surface area contributed by atoms with Gasteiger partial charge in [-0.05, 0) is 82.0 Å². The predicted molar refractivity (Wildman–Crippen MR) is 281 cm³/mol. The molecule has 3 atom stereocenters. The van der Waals surface area contributed by atoms with Gasteiger partial charge in [0.1, 0.15) is 0 Å². The number of carbonyl (C=O) groups excluding carboxylic acids is 5. The standard InChI is InChI=1S/C58H106N2O10/c1-4-7-9-11-12-17-32-52-33-19-13-18-29-51(28-6-3)30-24-25-34-53(31-16-10-8-5-2)50-70-58(65)38-23-15-21-36-56(63)68-46-27-41-60(54(61)39-42-59-43-47-66-48-44-59)40-26-45-67-55(62)35-20-14-22-37-57(64)69-49-52/h51-53H,4-50H2,1-3H3. The van der Waals surface area contributed by atoms with E-state index in [2.05, 4.69) is 25.7 Å². The molecule has 2 rings (SSSR count). The highest BCUT2D eigenvalue weighted by Crippen LogP contribution is 2.26. The summed E-state index contributed by atoms with van der Waals surface area (Å²) in [6.07, 6.45) is 35.2. The summed E-state index contributed by atoms with van der Waals surface area (Å²) in [6.45, 7) is 12.8. The van der Waals surface area contributed by atoms with Gasteiger partial charge in [0.05, 0.1) is 39.6 Å². The highest BCUT2D eigenvalue weighted by molar-refractivity contribution is 5.76. The van der Waals surface area contributed by atoms with Crippen LogP contribution >= 0.6 is 0 Å². The van der Waals surface area contributed by atoms with Crippen LogP contribution in [0.1, 0.15) is 252 Å². The quantitative estimate of drug-likeness (QED) is 0.0782. The minimum atomic E-state index is -0.261. The summed E-state index contributed by atoms with van der Waals surface area (Å²) in [7, 11) is 0. The Hall–Kier alpha value is -2.73. The van der Waals surface area contributed by atoms with Gasteiger partial charge in [-0.3, -0.25) is 28.9 Å². The molecule has 2 saturated heterocycles. The third-order valence-electron chi connectivity index (χ3n) is 14.6. The molecule has 0 aromatic heterocycles. The maximum Gasteiger partial charge on any atom is 0.305 e. The molecule has 0 spiro atoms. The first-order valence-electron chi connectivity index (χ1n) is 29.4. The minimum Gasteiger partial charge on any atom is -0.466 e. The van der Waals surface area contributed by atoms with Crippen molar-refractivity contribution < 1.29 is 47.7 Å². The van der Waals surface area contributed by atoms with Crippen LogP contribution in [0.2, 0.25) is 0 Å². The molecule has 2 heterocycles. The van der Waals surface area contributed by atoms with Crippen LogP contribution in [-0.4, -0.2) is 112 Å². The Morgan fingerprint density at radius 2 is 0.843 bits per heavy atom. The van der Waals surface area contributed by atoms with E-state index in [0.717, 1.165) is 57.5 Å². The van der Waals surface area contributed by atoms with Crippen molar-refractivity contribution >= 4 is 29.8 Å². The molecule has 0 aromatic carbocycles. The van der Waals surface area contributed by atoms with Crippen LogP contribution in [0.5, 0.6) is 0 Å². The van der Waals surface area contributed by atoms with E-state index in [-0.39, 0.29) is 43.0 Å². The number of hydrogen-bond donors (Lipinski definition) is 0. The van der Waals surface area contributed by atoms with Crippen molar-refractivity contribution in [2.75, 3.05) is 72.4 Å². The second kappa shape index (κ2) is 44.9. The molecular weight excluding hydrogens is 885 g/mol. The van der Waals surface area contributed by atoms with Crippen LogP contribution in [-0.2, 0) is 47.7 Å². The zero-order valence-electron chi connectivity index (χ0n) is 45.4. The molecule has 0 saturated carbocycles. The summed E-state index contributed by atoms with van der Waals surface area (Å²) in [4.78, 5) is 68.2. The summed E-state index contributed by atoms with van der Waals surface area (Å²) in [5.74, 6) is 0.854. The molecule has 2 aliphatic rings. The number of esters is 4. The number of cyclic esters (lactones) is 4. The second-order valence-electron chi connectivity index (χ2n) is 20.9. The number of nitrogens with zero attached hydrogens (tertiary/aromatic N) is 2. The lowest BCUT2D eigenvalue weighted by Gasteiger charge is -2.28. The van der Waals surface area contributed by atoms with Gasteiger partial charge < -0.3 is 28.6 Å². The molecule has 0 N–H and O–H groups in total. The van der Waals surface area contributed by atoms with E-state index in [1.807, 2.05) is 0 Å². The van der Waals surface area contributed by atoms with Crippen molar-refractivity contribution in [2.24, 2.45) is 17.8 Å². The largest absolute Gasteiger partial charge is 0.466 e. The number of rotatable bonds is 17. The number of hydrogen-bond acceptors (Lipinski definition) is 11. The number of ether oxygens (including phenoxy) is 5. The van der Waals surface area contributed by atoms with E-state index in [1.165, 1.54) is 122 Å². The molecule has 0 aliphatic carbocycles. The molecule has 12 heteroatoms. The first-order chi connectivity index (χ1) is 34.2. The highest BCUT2D eigenvalue weighted by atomic mass is 16.5. The van der Waals surface area contributed by atoms with Crippen molar-refractivity contribution in [3.05, 3.63) is 0 Å². The fourth-order valence-corrected chi connectivity index (χ4v) is 10.1. The van der Waals surface area contributed by atoms with Gasteiger partial charge in [-0.25, -0.2) is 0 Å². The number of morpholine rings is 1. The maximum absolute atomic E-state index is 13.4. The van der Waals surface area contributed by atoms with Gasteiger partial charge in [0, 0.05) is 64.8 Å². The third kappa shape index (κ3) is 36.2. The molecule has 2 fully saturated rings. The average molecular weight is 991 g/mol. The lowest BCUT2D eigenvalue weighted by atomic mass is 9.88. The van der Waals surface area contributed by atoms with Crippen molar-refractivity contribution in [3.8, 4) is 0 Å². The summed E-state index contributed by atoms with van der Waals surface area (Å²) >= 11 is 0. The monoisotopic (exact) mass is 991 g/mol. The predicted octanol–water partition coefficient (Wildman–Crippen LogP) is 13.3. The normalized spacial score (nSPS) is 23.1. The molecule has 70 heavy (non-hydrogen) atoms. The smallest absolute Gasteiger partial charge is 0.305 e. The van der Waals surface area contributed by atoms with Crippen LogP contribution in [0, 0.1) is 17.8 Å². The first kappa shape index (κ1) is 63.4. The fraction of sp³-hybridized carbons (Fsp3) is 0.914. The zero-order chi connectivity index (χ0) is 50.5. The van der Waals surface area contributed by atoms with E-state index in [1.54, 1.807) is 4.90 Å². The Bertz CT molecular complexity index is 1310. The Balaban J connectivity index is 1.98. The van der Waals surface area contributed by atoms with Crippen molar-refractivity contribution in [1.29, 1.82) is 0 Å². The van der Waals surface area contributed by atoms with Gasteiger partial charge in [-0.15, -0.1) is 0 Å². The molecule has 0 bridgehead atoms. The fourth-order valence-electron chi connectivity index (χ4n) is 10.1. The van der Waals surface area contributed by atoms with Crippen molar-refractivity contribution in [3.63, 3.8) is 0 Å². The van der Waals surface area contributed by atoms with Crippen LogP contribution in [0.4, 0.5) is 0 Å². The van der Waals surface area contributed by atoms with E-state index in [0.29, 0.717) is 129 Å². The van der Waals surface area contributed by atoms with Crippen LogP contribution in [0.3, 0.4) is 0 Å². The Morgan fingerprint density at radius 1 is 0.429 bits per heavy atom. The number of amides is 1. The van der Waals surface area contributed by atoms with E-state index in [9.17, 15) is 24.0 Å². The molecule has 12 nitrogen and oxygen atoms in total. The average Bonchev–Trinajstić information content (AvgIpc) is 3.36. The summed E-state index contributed by atoms with van der Waals surface area (Å²) in [5, 5.41) is 0. The summed E-state index contributed by atoms with van der Waals surface area (Å²) in [5.41, 5.74) is 0. The van der Waals surface area contributed by atoms with Crippen LogP contribution in [0.15, 0.2) is 0 Å². The van der Waals surface area contributed by atoms with Crippen molar-refractivity contribution in [1.82, 2.24) is 9.80 Å². The van der Waals surface area contributed by atoms with E-state index >= 15 is 0 Å². The summed E-state index contributed by atoms with van der Waals surface area (Å²) < 4.78 is 28.3. The van der Waals surface area contributed by atoms with Gasteiger partial charge in [0.15, 0.2) is 0 Å². The third-order valence-corrected chi connectivity index (χ3v) is 14.6. The summed E-state index contributed by atoms with van der Waals surface area (Å²) in [6, 6.07) is 0. The molecular formula is C58H106N2O10. The van der Waals surface area contributed by atoms with Gasteiger partial charge in [-0.1, -0.05) is 156 Å². The zero-order valence-corrected chi connectivity index (χ0v) is 45.4. The molecule has 0 radical (unpaired) electrons. The van der Waals surface area contributed by atoms with Crippen LogP contribution < -0.4 is 0 Å². The molecule has 0 aromatic rings. The number of unbranched alkanes of at least 4 members (excludes halogenated alkanes) is 8. The minimum absolute atomic E-state index is 0.0351. The highest BCUT2D eigenvalue weighted by Gasteiger charge is 2.19. The van der Waals surface area contributed by atoms with Gasteiger partial charge in [-0.2, -0.15) is 0 Å². The topological polar surface area (TPSA) is 138 Å². The lowest BCUT2D eigenvalue weighted by molar-refractivity contribution is -0.146. The molecule has 3 unspecified atom stereocenters. The molecule has 1 amide bonds. The van der Waals surface area contributed by atoms with Gasteiger partial charge in [0.25, 0.3) is 0 Å². The van der Waals surface area contributed by atoms with Gasteiger partial charge in [0.2, 0.25) is 5.91 Å². The molecule has 2 aliphatic heterocycles. The second-order valence-corrected chi connectivity index (χ2v) is 20.9. The molecule has 408 valence electrons. The first-order valence-corrected chi connectivity index (χ1v) is 29.4. The Morgan fingerprint density at radius 3 is 1.33 bits per heavy atom. The number of carbonyl (C=O) groups is 5. The van der Waals surface area contributed by atoms with Crippen LogP contribution in [0.25, 0.3) is 0 Å².